The number of hydrogen-bond acceptors (Lipinski definition) is 3. The van der Waals surface area contributed by atoms with Crippen LogP contribution < -0.4 is 5.73 Å². The van der Waals surface area contributed by atoms with Gasteiger partial charge < -0.3 is 10.6 Å². The average molecular weight is 291 g/mol. The summed E-state index contributed by atoms with van der Waals surface area (Å²) in [6.45, 7) is 2.53. The molecule has 0 aliphatic heterocycles. The van der Waals surface area contributed by atoms with Crippen LogP contribution in [0.5, 0.6) is 0 Å². The molecule has 0 aliphatic rings. The molecule has 0 unspecified atom stereocenters. The van der Waals surface area contributed by atoms with Crippen LogP contribution in [0.4, 0.5) is 0 Å². The van der Waals surface area contributed by atoms with Crippen molar-refractivity contribution < 1.29 is 4.79 Å². The summed E-state index contributed by atoms with van der Waals surface area (Å²) in [5.41, 5.74) is 6.81. The van der Waals surface area contributed by atoms with E-state index in [0.717, 1.165) is 9.35 Å². The lowest BCUT2D eigenvalue weighted by Crippen LogP contribution is -2.40. The van der Waals surface area contributed by atoms with Crippen LogP contribution in [0.1, 0.15) is 18.9 Å². The third-order valence-electron chi connectivity index (χ3n) is 2.17. The van der Waals surface area contributed by atoms with Crippen molar-refractivity contribution in [2.45, 2.75) is 25.9 Å². The van der Waals surface area contributed by atoms with E-state index in [0.29, 0.717) is 13.0 Å². The SMILES string of the molecule is CC[C@H](N)C(=O)N(C)Cc1csc(Br)c1. The Kier molecular flexibility index (Phi) is 4.76. The van der Waals surface area contributed by atoms with E-state index < -0.39 is 0 Å². The Morgan fingerprint density at radius 3 is 2.87 bits per heavy atom. The number of rotatable bonds is 4. The molecule has 1 rings (SSSR count). The van der Waals surface area contributed by atoms with Gasteiger partial charge in [0.15, 0.2) is 0 Å². The van der Waals surface area contributed by atoms with Crippen molar-refractivity contribution in [3.05, 3.63) is 20.8 Å². The van der Waals surface area contributed by atoms with E-state index in [2.05, 4.69) is 15.9 Å². The van der Waals surface area contributed by atoms with E-state index in [4.69, 9.17) is 5.73 Å². The summed E-state index contributed by atoms with van der Waals surface area (Å²) in [5, 5.41) is 2.03. The maximum Gasteiger partial charge on any atom is 0.239 e. The summed E-state index contributed by atoms with van der Waals surface area (Å²) in [7, 11) is 1.78. The van der Waals surface area contributed by atoms with Crippen molar-refractivity contribution in [3.63, 3.8) is 0 Å². The first-order valence-corrected chi connectivity index (χ1v) is 6.45. The molecule has 0 aliphatic carbocycles. The predicted octanol–water partition coefficient (Wildman–Crippen LogP) is 2.21. The molecule has 1 aromatic heterocycles. The summed E-state index contributed by atoms with van der Waals surface area (Å²) >= 11 is 5.01. The number of carbonyl (C=O) groups is 1. The van der Waals surface area contributed by atoms with Gasteiger partial charge in [0.2, 0.25) is 5.91 Å². The second-order valence-corrected chi connectivity index (χ2v) is 5.76. The van der Waals surface area contributed by atoms with Crippen molar-refractivity contribution in [1.82, 2.24) is 4.90 Å². The van der Waals surface area contributed by atoms with Crippen molar-refractivity contribution in [2.24, 2.45) is 5.73 Å². The molecular weight excluding hydrogens is 276 g/mol. The Bertz CT molecular complexity index is 340. The van der Waals surface area contributed by atoms with Crippen LogP contribution in [0.3, 0.4) is 0 Å². The molecular formula is C10H15BrN2OS. The van der Waals surface area contributed by atoms with Gasteiger partial charge in [0.1, 0.15) is 0 Å². The molecule has 0 aromatic carbocycles. The quantitative estimate of drug-likeness (QED) is 0.924. The molecule has 0 fully saturated rings. The molecule has 0 saturated carbocycles. The molecule has 3 nitrogen and oxygen atoms in total. The Morgan fingerprint density at radius 2 is 2.40 bits per heavy atom. The zero-order chi connectivity index (χ0) is 11.4. The highest BCUT2D eigenvalue weighted by molar-refractivity contribution is 9.11. The molecule has 84 valence electrons. The molecule has 2 N–H and O–H groups in total. The van der Waals surface area contributed by atoms with E-state index in [9.17, 15) is 4.79 Å². The lowest BCUT2D eigenvalue weighted by Gasteiger charge is -2.19. The van der Waals surface area contributed by atoms with Crippen LogP contribution >= 0.6 is 27.3 Å². The number of thiophene rings is 1. The number of amides is 1. The fourth-order valence-electron chi connectivity index (χ4n) is 1.24. The second-order valence-electron chi connectivity index (χ2n) is 3.47. The van der Waals surface area contributed by atoms with Crippen molar-refractivity contribution in [1.29, 1.82) is 0 Å². The monoisotopic (exact) mass is 290 g/mol. The fraction of sp³-hybridized carbons (Fsp3) is 0.500. The highest BCUT2D eigenvalue weighted by atomic mass is 79.9. The van der Waals surface area contributed by atoms with Crippen LogP contribution in [0, 0.1) is 0 Å². The molecule has 1 amide bonds. The van der Waals surface area contributed by atoms with Crippen LogP contribution in [0.2, 0.25) is 0 Å². The van der Waals surface area contributed by atoms with Crippen LogP contribution in [0.25, 0.3) is 0 Å². The van der Waals surface area contributed by atoms with Crippen molar-refractivity contribution in [3.8, 4) is 0 Å². The lowest BCUT2D eigenvalue weighted by molar-refractivity contribution is -0.131. The van der Waals surface area contributed by atoms with E-state index >= 15 is 0 Å². The maximum absolute atomic E-state index is 11.7. The van der Waals surface area contributed by atoms with Gasteiger partial charge in [-0.2, -0.15) is 0 Å². The van der Waals surface area contributed by atoms with E-state index in [1.807, 2.05) is 18.4 Å². The van der Waals surface area contributed by atoms with Gasteiger partial charge in [-0.25, -0.2) is 0 Å². The Morgan fingerprint density at radius 1 is 1.73 bits per heavy atom. The van der Waals surface area contributed by atoms with Gasteiger partial charge in [0.25, 0.3) is 0 Å². The Balaban J connectivity index is 2.55. The van der Waals surface area contributed by atoms with Crippen LogP contribution in [-0.4, -0.2) is 23.9 Å². The van der Waals surface area contributed by atoms with Crippen molar-refractivity contribution >= 4 is 33.2 Å². The Labute approximate surface area is 102 Å². The molecule has 1 atom stereocenters. The summed E-state index contributed by atoms with van der Waals surface area (Å²) in [4.78, 5) is 13.3. The van der Waals surface area contributed by atoms with Gasteiger partial charge in [0, 0.05) is 13.6 Å². The minimum atomic E-state index is -0.378. The largest absolute Gasteiger partial charge is 0.340 e. The number of carbonyl (C=O) groups excluding carboxylic acids is 1. The summed E-state index contributed by atoms with van der Waals surface area (Å²) in [6.07, 6.45) is 0.677. The summed E-state index contributed by atoms with van der Waals surface area (Å²) in [5.74, 6) is -0.000164. The second kappa shape index (κ2) is 5.63. The Hall–Kier alpha value is -0.390. The van der Waals surface area contributed by atoms with E-state index in [1.54, 1.807) is 23.3 Å². The smallest absolute Gasteiger partial charge is 0.239 e. The minimum Gasteiger partial charge on any atom is -0.340 e. The topological polar surface area (TPSA) is 46.3 Å². The van der Waals surface area contributed by atoms with Gasteiger partial charge in [-0.1, -0.05) is 6.92 Å². The van der Waals surface area contributed by atoms with Gasteiger partial charge in [-0.3, -0.25) is 4.79 Å². The molecule has 1 heterocycles. The first-order valence-electron chi connectivity index (χ1n) is 4.78. The molecule has 5 heteroatoms. The van der Waals surface area contributed by atoms with Crippen LogP contribution in [-0.2, 0) is 11.3 Å². The van der Waals surface area contributed by atoms with Gasteiger partial charge >= 0.3 is 0 Å². The average Bonchev–Trinajstić information content (AvgIpc) is 2.61. The third kappa shape index (κ3) is 3.59. The first kappa shape index (κ1) is 12.7. The number of hydrogen-bond donors (Lipinski definition) is 1. The fourth-order valence-corrected chi connectivity index (χ4v) is 2.44. The molecule has 0 spiro atoms. The zero-order valence-electron chi connectivity index (χ0n) is 8.87. The molecule has 1 aromatic rings. The molecule has 0 saturated heterocycles. The number of nitrogens with two attached hydrogens (primary N) is 1. The highest BCUT2D eigenvalue weighted by Gasteiger charge is 2.16. The van der Waals surface area contributed by atoms with Crippen LogP contribution in [0.15, 0.2) is 15.2 Å². The zero-order valence-corrected chi connectivity index (χ0v) is 11.3. The number of nitrogens with zero attached hydrogens (tertiary/aromatic N) is 1. The number of likely N-dealkylation sites (N-methyl/N-ethyl adjacent to an activating group) is 1. The maximum atomic E-state index is 11.7. The molecule has 0 bridgehead atoms. The lowest BCUT2D eigenvalue weighted by atomic mass is 10.2. The molecule has 15 heavy (non-hydrogen) atoms. The normalized spacial score (nSPS) is 12.5. The third-order valence-corrected chi connectivity index (χ3v) is 3.73. The highest BCUT2D eigenvalue weighted by Crippen LogP contribution is 2.21. The standard InChI is InChI=1S/C10H15BrN2OS/c1-3-8(12)10(14)13(2)5-7-4-9(11)15-6-7/h4,6,8H,3,5,12H2,1-2H3/t8-/m0/s1. The number of halogens is 1. The van der Waals surface area contributed by atoms with Crippen molar-refractivity contribution in [2.75, 3.05) is 7.05 Å². The van der Waals surface area contributed by atoms with E-state index in [1.165, 1.54) is 0 Å². The summed E-state index contributed by atoms with van der Waals surface area (Å²) in [6, 6.07) is 1.64. The minimum absolute atomic E-state index is 0.000164. The molecule has 0 radical (unpaired) electrons. The summed E-state index contributed by atoms with van der Waals surface area (Å²) < 4.78 is 1.08. The van der Waals surface area contributed by atoms with Gasteiger partial charge in [0.05, 0.1) is 9.83 Å². The van der Waals surface area contributed by atoms with E-state index in [-0.39, 0.29) is 11.9 Å². The van der Waals surface area contributed by atoms with Gasteiger partial charge in [-0.15, -0.1) is 11.3 Å². The predicted molar refractivity (Wildman–Crippen MR) is 66.8 cm³/mol. The first-order chi connectivity index (χ1) is 7.04. The van der Waals surface area contributed by atoms with Gasteiger partial charge in [-0.05, 0) is 39.4 Å².